The second kappa shape index (κ2) is 9.03. The SMILES string of the molecule is CC(C)c1ccccc1-n1ccnc1S[C@H](C)C(=O)Nc1ccc(S(N)(=O)=O)cc1. The molecular weight excluding hydrogens is 420 g/mol. The fourth-order valence-corrected chi connectivity index (χ4v) is 4.33. The van der Waals surface area contributed by atoms with Gasteiger partial charge in [0, 0.05) is 18.1 Å². The number of thioether (sulfide) groups is 1. The van der Waals surface area contributed by atoms with E-state index in [0.29, 0.717) is 11.6 Å². The third kappa shape index (κ3) is 5.10. The number of primary sulfonamides is 1. The Kier molecular flexibility index (Phi) is 6.64. The smallest absolute Gasteiger partial charge is 0.238 e. The molecular formula is C21H24N4O3S2. The van der Waals surface area contributed by atoms with Gasteiger partial charge in [-0.1, -0.05) is 43.8 Å². The summed E-state index contributed by atoms with van der Waals surface area (Å²) in [5.41, 5.74) is 2.73. The highest BCUT2D eigenvalue weighted by Crippen LogP contribution is 2.29. The molecule has 0 radical (unpaired) electrons. The number of nitrogens with zero attached hydrogens (tertiary/aromatic N) is 2. The van der Waals surface area contributed by atoms with Gasteiger partial charge in [0.1, 0.15) is 0 Å². The lowest BCUT2D eigenvalue weighted by atomic mass is 10.0. The van der Waals surface area contributed by atoms with Gasteiger partial charge in [-0.2, -0.15) is 0 Å². The fourth-order valence-electron chi connectivity index (χ4n) is 2.94. The average molecular weight is 445 g/mol. The van der Waals surface area contributed by atoms with Gasteiger partial charge in [-0.3, -0.25) is 9.36 Å². The number of carbonyl (C=O) groups excluding carboxylic acids is 1. The van der Waals surface area contributed by atoms with Crippen molar-refractivity contribution in [1.82, 2.24) is 9.55 Å². The van der Waals surface area contributed by atoms with Crippen LogP contribution in [0.3, 0.4) is 0 Å². The van der Waals surface area contributed by atoms with Crippen molar-refractivity contribution in [1.29, 1.82) is 0 Å². The monoisotopic (exact) mass is 444 g/mol. The zero-order valence-corrected chi connectivity index (χ0v) is 18.6. The van der Waals surface area contributed by atoms with E-state index in [1.807, 2.05) is 29.0 Å². The van der Waals surface area contributed by atoms with Crippen LogP contribution in [0.25, 0.3) is 5.69 Å². The summed E-state index contributed by atoms with van der Waals surface area (Å²) in [6.07, 6.45) is 3.61. The van der Waals surface area contributed by atoms with Gasteiger partial charge in [0.15, 0.2) is 5.16 Å². The number of rotatable bonds is 7. The standard InChI is InChI=1S/C21H24N4O3S2/c1-14(2)18-6-4-5-7-19(18)25-13-12-23-21(25)29-15(3)20(26)24-16-8-10-17(11-9-16)30(22,27)28/h4-15H,1-3H3,(H,24,26)(H2,22,27,28)/t15-/m1/s1. The van der Waals surface area contributed by atoms with Crippen molar-refractivity contribution in [2.24, 2.45) is 5.14 Å². The molecule has 1 amide bonds. The molecule has 0 aliphatic rings. The van der Waals surface area contributed by atoms with E-state index in [9.17, 15) is 13.2 Å². The summed E-state index contributed by atoms with van der Waals surface area (Å²) in [6.45, 7) is 6.08. The van der Waals surface area contributed by atoms with Crippen molar-refractivity contribution in [3.8, 4) is 5.69 Å². The molecule has 3 aromatic rings. The highest BCUT2D eigenvalue weighted by molar-refractivity contribution is 8.00. The number of aromatic nitrogens is 2. The summed E-state index contributed by atoms with van der Waals surface area (Å²) in [6, 6.07) is 13.9. The summed E-state index contributed by atoms with van der Waals surface area (Å²) >= 11 is 1.35. The number of nitrogens with one attached hydrogen (secondary N) is 1. The Hall–Kier alpha value is -2.62. The normalized spacial score (nSPS) is 12.7. The van der Waals surface area contributed by atoms with Gasteiger partial charge < -0.3 is 5.32 Å². The number of nitrogens with two attached hydrogens (primary N) is 1. The largest absolute Gasteiger partial charge is 0.325 e. The maximum Gasteiger partial charge on any atom is 0.238 e. The summed E-state index contributed by atoms with van der Waals surface area (Å²) in [4.78, 5) is 17.1. The number of para-hydroxylation sites is 1. The predicted octanol–water partition coefficient (Wildman–Crippen LogP) is 3.76. The summed E-state index contributed by atoms with van der Waals surface area (Å²) in [5.74, 6) is 0.137. The van der Waals surface area contributed by atoms with Gasteiger partial charge in [-0.05, 0) is 48.7 Å². The molecule has 3 N–H and O–H groups in total. The zero-order valence-electron chi connectivity index (χ0n) is 16.9. The van der Waals surface area contributed by atoms with E-state index in [4.69, 9.17) is 5.14 Å². The van der Waals surface area contributed by atoms with Crippen LogP contribution >= 0.6 is 11.8 Å². The molecule has 0 fully saturated rings. The molecule has 0 bridgehead atoms. The summed E-state index contributed by atoms with van der Waals surface area (Å²) in [5, 5.41) is 8.18. The first kappa shape index (κ1) is 22.1. The first-order valence-electron chi connectivity index (χ1n) is 9.40. The van der Waals surface area contributed by atoms with Gasteiger partial charge >= 0.3 is 0 Å². The minimum absolute atomic E-state index is 0.00577. The zero-order chi connectivity index (χ0) is 21.9. The Morgan fingerprint density at radius 3 is 2.40 bits per heavy atom. The van der Waals surface area contributed by atoms with Gasteiger partial charge in [0.2, 0.25) is 15.9 Å². The lowest BCUT2D eigenvalue weighted by Crippen LogP contribution is -2.23. The van der Waals surface area contributed by atoms with Crippen LogP contribution < -0.4 is 10.5 Å². The molecule has 0 spiro atoms. The Balaban J connectivity index is 1.74. The van der Waals surface area contributed by atoms with Crippen LogP contribution in [-0.2, 0) is 14.8 Å². The molecule has 1 aromatic heterocycles. The molecule has 7 nitrogen and oxygen atoms in total. The van der Waals surface area contributed by atoms with Crippen LogP contribution in [0.1, 0.15) is 32.3 Å². The second-order valence-electron chi connectivity index (χ2n) is 7.11. The Morgan fingerprint density at radius 1 is 1.10 bits per heavy atom. The van der Waals surface area contributed by atoms with E-state index < -0.39 is 15.3 Å². The Bertz CT molecular complexity index is 1140. The predicted molar refractivity (Wildman–Crippen MR) is 119 cm³/mol. The molecule has 30 heavy (non-hydrogen) atoms. The average Bonchev–Trinajstić information content (AvgIpc) is 3.15. The van der Waals surface area contributed by atoms with E-state index in [0.717, 1.165) is 10.8 Å². The Labute approximate surface area is 180 Å². The van der Waals surface area contributed by atoms with E-state index >= 15 is 0 Å². The fraction of sp³-hybridized carbons (Fsp3) is 0.238. The van der Waals surface area contributed by atoms with E-state index in [-0.39, 0.29) is 10.8 Å². The van der Waals surface area contributed by atoms with Crippen LogP contribution in [0, 0.1) is 0 Å². The minimum Gasteiger partial charge on any atom is -0.325 e. The molecule has 9 heteroatoms. The molecule has 1 atom stereocenters. The quantitative estimate of drug-likeness (QED) is 0.540. The highest BCUT2D eigenvalue weighted by atomic mass is 32.2. The van der Waals surface area contributed by atoms with Crippen molar-refractivity contribution < 1.29 is 13.2 Å². The Morgan fingerprint density at radius 2 is 1.77 bits per heavy atom. The molecule has 0 saturated carbocycles. The lowest BCUT2D eigenvalue weighted by Gasteiger charge is -2.17. The first-order chi connectivity index (χ1) is 14.2. The van der Waals surface area contributed by atoms with Crippen LogP contribution in [0.5, 0.6) is 0 Å². The number of hydrogen-bond acceptors (Lipinski definition) is 5. The molecule has 0 aliphatic carbocycles. The van der Waals surface area contributed by atoms with Gasteiger partial charge in [0.05, 0.1) is 15.8 Å². The maximum absolute atomic E-state index is 12.6. The first-order valence-corrected chi connectivity index (χ1v) is 11.8. The molecule has 0 unspecified atom stereocenters. The van der Waals surface area contributed by atoms with Gasteiger partial charge in [-0.25, -0.2) is 18.5 Å². The third-order valence-corrected chi connectivity index (χ3v) is 6.54. The van der Waals surface area contributed by atoms with Gasteiger partial charge in [-0.15, -0.1) is 0 Å². The van der Waals surface area contributed by atoms with Crippen LogP contribution in [0.2, 0.25) is 0 Å². The number of carbonyl (C=O) groups is 1. The van der Waals surface area contributed by atoms with Crippen LogP contribution in [0.4, 0.5) is 5.69 Å². The topological polar surface area (TPSA) is 107 Å². The van der Waals surface area contributed by atoms with Crippen LogP contribution in [0.15, 0.2) is 71.0 Å². The second-order valence-corrected chi connectivity index (χ2v) is 9.98. The lowest BCUT2D eigenvalue weighted by molar-refractivity contribution is -0.115. The molecule has 0 saturated heterocycles. The number of anilines is 1. The number of sulfonamides is 1. The number of benzene rings is 2. The van der Waals surface area contributed by atoms with Crippen molar-refractivity contribution in [3.63, 3.8) is 0 Å². The minimum atomic E-state index is -3.77. The molecule has 1 heterocycles. The molecule has 0 aliphatic heterocycles. The summed E-state index contributed by atoms with van der Waals surface area (Å²) < 4.78 is 24.7. The van der Waals surface area contributed by atoms with E-state index in [1.165, 1.54) is 41.6 Å². The number of amides is 1. The van der Waals surface area contributed by atoms with Crippen molar-refractivity contribution in [2.45, 2.75) is 42.0 Å². The summed E-state index contributed by atoms with van der Waals surface area (Å²) in [7, 11) is -3.77. The van der Waals surface area contributed by atoms with Crippen molar-refractivity contribution >= 4 is 33.4 Å². The van der Waals surface area contributed by atoms with Gasteiger partial charge in [0.25, 0.3) is 0 Å². The highest BCUT2D eigenvalue weighted by Gasteiger charge is 2.19. The maximum atomic E-state index is 12.6. The van der Waals surface area contributed by atoms with Crippen molar-refractivity contribution in [2.75, 3.05) is 5.32 Å². The van der Waals surface area contributed by atoms with Crippen molar-refractivity contribution in [3.05, 3.63) is 66.5 Å². The number of hydrogen-bond donors (Lipinski definition) is 2. The number of imidazole rings is 1. The van der Waals surface area contributed by atoms with E-state index in [2.05, 4.69) is 30.2 Å². The molecule has 2 aromatic carbocycles. The molecule has 3 rings (SSSR count). The third-order valence-electron chi connectivity index (χ3n) is 4.53. The van der Waals surface area contributed by atoms with E-state index in [1.54, 1.807) is 13.1 Å². The molecule has 158 valence electrons. The van der Waals surface area contributed by atoms with Crippen LogP contribution in [-0.4, -0.2) is 29.1 Å².